The topological polar surface area (TPSA) is 64.7 Å². The first-order chi connectivity index (χ1) is 14.7. The van der Waals surface area contributed by atoms with Gasteiger partial charge in [-0.2, -0.15) is 0 Å². The van der Waals surface area contributed by atoms with Gasteiger partial charge in [0.05, 0.1) is 5.71 Å². The number of nitrogens with zero attached hydrogens (tertiary/aromatic N) is 1. The van der Waals surface area contributed by atoms with Gasteiger partial charge >= 0.3 is 0 Å². The van der Waals surface area contributed by atoms with Gasteiger partial charge in [-0.05, 0) is 88.4 Å². The lowest BCUT2D eigenvalue weighted by molar-refractivity contribution is -0.131. The van der Waals surface area contributed by atoms with Gasteiger partial charge in [0.25, 0.3) is 0 Å². The second kappa shape index (κ2) is 7.17. The predicted molar refractivity (Wildman–Crippen MR) is 125 cm³/mol. The van der Waals surface area contributed by atoms with Gasteiger partial charge in [0.1, 0.15) is 11.4 Å². The zero-order valence-corrected chi connectivity index (χ0v) is 20.1. The molecule has 0 aromatic rings. The van der Waals surface area contributed by atoms with E-state index >= 15 is 0 Å². The normalized spacial score (nSPS) is 42.9. The largest absolute Gasteiger partial charge is 0.388 e. The van der Waals surface area contributed by atoms with Crippen molar-refractivity contribution in [2.75, 3.05) is 6.54 Å². The lowest BCUT2D eigenvalue weighted by atomic mass is 9.44. The minimum Gasteiger partial charge on any atom is -0.388 e. The van der Waals surface area contributed by atoms with Crippen molar-refractivity contribution in [3.8, 4) is 0 Å². The summed E-state index contributed by atoms with van der Waals surface area (Å²) < 4.78 is 0. The van der Waals surface area contributed by atoms with Crippen molar-refractivity contribution in [3.05, 3.63) is 11.6 Å². The van der Waals surface area contributed by atoms with E-state index in [2.05, 4.69) is 19.9 Å². The van der Waals surface area contributed by atoms with Crippen LogP contribution in [0.25, 0.3) is 0 Å². The summed E-state index contributed by atoms with van der Waals surface area (Å²) in [4.78, 5) is 18.7. The van der Waals surface area contributed by atoms with Crippen LogP contribution in [0, 0.1) is 34.0 Å². The van der Waals surface area contributed by atoms with E-state index in [1.54, 1.807) is 5.57 Å². The van der Waals surface area contributed by atoms with E-state index in [0.717, 1.165) is 38.0 Å². The molecule has 0 aliphatic heterocycles. The number of fused-ring (bicyclic) bond motifs is 6. The molecule has 4 saturated carbocycles. The van der Waals surface area contributed by atoms with Crippen LogP contribution in [0.2, 0.25) is 0 Å². The van der Waals surface area contributed by atoms with Gasteiger partial charge in [-0.1, -0.05) is 43.5 Å². The minimum absolute atomic E-state index is 0.0448. The van der Waals surface area contributed by atoms with Crippen molar-refractivity contribution in [2.45, 2.75) is 104 Å². The molecule has 5 aliphatic carbocycles. The summed E-state index contributed by atoms with van der Waals surface area (Å²) >= 11 is 0. The molecule has 0 heterocycles. The van der Waals surface area contributed by atoms with Crippen molar-refractivity contribution < 1.29 is 9.63 Å². The summed E-state index contributed by atoms with van der Waals surface area (Å²) in [5.41, 5.74) is 8.77. The van der Waals surface area contributed by atoms with Gasteiger partial charge in [0.15, 0.2) is 0 Å². The zero-order valence-electron chi connectivity index (χ0n) is 20.1. The van der Waals surface area contributed by atoms with Crippen molar-refractivity contribution in [1.29, 1.82) is 0 Å². The van der Waals surface area contributed by atoms with Crippen LogP contribution in [0.15, 0.2) is 16.8 Å². The van der Waals surface area contributed by atoms with E-state index in [4.69, 9.17) is 15.7 Å². The molecule has 31 heavy (non-hydrogen) atoms. The number of hydrogen-bond acceptors (Lipinski definition) is 4. The van der Waals surface area contributed by atoms with E-state index in [0.29, 0.717) is 24.2 Å². The van der Waals surface area contributed by atoms with Crippen LogP contribution in [-0.2, 0) is 9.63 Å². The fourth-order valence-electron chi connectivity index (χ4n) is 8.59. The van der Waals surface area contributed by atoms with Crippen LogP contribution < -0.4 is 5.73 Å². The summed E-state index contributed by atoms with van der Waals surface area (Å²) in [6.07, 6.45) is 15.3. The third kappa shape index (κ3) is 3.03. The number of nitrogens with two attached hydrogens (primary N) is 1. The molecule has 5 atom stereocenters. The fourth-order valence-corrected chi connectivity index (χ4v) is 8.59. The van der Waals surface area contributed by atoms with E-state index in [1.165, 1.54) is 44.2 Å². The summed E-state index contributed by atoms with van der Waals surface area (Å²) in [6, 6.07) is 0. The second-order valence-electron chi connectivity index (χ2n) is 12.4. The number of Topliss-reactive ketones (excluding diaryl/α,β-unsaturated/α-hetero) is 1. The fraction of sp³-hybridized carbons (Fsp3) is 0.852. The van der Waals surface area contributed by atoms with Gasteiger partial charge in [-0.15, -0.1) is 0 Å². The second-order valence-corrected chi connectivity index (χ2v) is 12.4. The molecular formula is C27H42N2O2. The Balaban J connectivity index is 1.51. The molecule has 172 valence electrons. The number of carbonyl (C=O) groups excluding carboxylic acids is 1. The summed E-state index contributed by atoms with van der Waals surface area (Å²) in [6.45, 7) is 9.37. The first kappa shape index (κ1) is 21.7. The zero-order chi connectivity index (χ0) is 22.1. The smallest absolute Gasteiger partial charge is 0.144 e. The number of carbonyl (C=O) groups is 1. The van der Waals surface area contributed by atoms with Crippen molar-refractivity contribution in [2.24, 2.45) is 44.9 Å². The highest BCUT2D eigenvalue weighted by Gasteiger charge is 2.62. The standard InChI is InChI=1S/C27H42N2O2/c1-24(2,17-28)31-29-22-12-16-25(3)20-11-15-26(4)19(8-10-23(26)30)18(20)7-9-21(25)27(22)13-5-6-14-27/h9,18-20H,5-8,10-17,28H2,1-4H3/b29-22-/t18-,19-,20-,25+,26-/m0/s1. The Morgan fingerprint density at radius 3 is 2.48 bits per heavy atom. The molecular weight excluding hydrogens is 384 g/mol. The summed E-state index contributed by atoms with van der Waals surface area (Å²) in [5, 5.41) is 4.81. The monoisotopic (exact) mass is 426 g/mol. The minimum atomic E-state index is -0.414. The molecule has 4 heteroatoms. The Bertz CT molecular complexity index is 821. The first-order valence-electron chi connectivity index (χ1n) is 12.9. The Labute approximate surface area is 188 Å². The molecule has 4 nitrogen and oxygen atoms in total. The average molecular weight is 427 g/mol. The van der Waals surface area contributed by atoms with Crippen LogP contribution in [0.1, 0.15) is 98.3 Å². The van der Waals surface area contributed by atoms with Gasteiger partial charge in [-0.3, -0.25) is 4.79 Å². The van der Waals surface area contributed by atoms with E-state index in [1.807, 2.05) is 13.8 Å². The lowest BCUT2D eigenvalue weighted by Crippen LogP contribution is -2.54. The SMILES string of the molecule is CC(C)(CN)O/N=C1/CC[C@@]2(C)C(=CC[C@@H]3[C@@H]2CC[C@]2(C)C(=O)CC[C@@H]32)C12CCCC2. The van der Waals surface area contributed by atoms with E-state index in [9.17, 15) is 4.79 Å². The Morgan fingerprint density at radius 2 is 1.77 bits per heavy atom. The highest BCUT2D eigenvalue weighted by molar-refractivity contribution is 5.94. The number of allylic oxidation sites excluding steroid dienone is 2. The molecule has 0 saturated heterocycles. The molecule has 0 aromatic carbocycles. The summed E-state index contributed by atoms with van der Waals surface area (Å²) in [7, 11) is 0. The van der Waals surface area contributed by atoms with Crippen molar-refractivity contribution in [3.63, 3.8) is 0 Å². The quantitative estimate of drug-likeness (QED) is 0.458. The highest BCUT2D eigenvalue weighted by atomic mass is 16.6. The van der Waals surface area contributed by atoms with Gasteiger partial charge in [0.2, 0.25) is 0 Å². The Morgan fingerprint density at radius 1 is 1.06 bits per heavy atom. The molecule has 0 unspecified atom stereocenters. The highest BCUT2D eigenvalue weighted by Crippen LogP contribution is 2.68. The maximum Gasteiger partial charge on any atom is 0.144 e. The molecule has 0 aromatic heterocycles. The van der Waals surface area contributed by atoms with E-state index < -0.39 is 5.60 Å². The van der Waals surface area contributed by atoms with Gasteiger partial charge in [0, 0.05) is 23.8 Å². The summed E-state index contributed by atoms with van der Waals surface area (Å²) in [5.74, 6) is 2.54. The molecule has 0 radical (unpaired) electrons. The molecule has 5 aliphatic rings. The molecule has 5 rings (SSSR count). The molecule has 1 spiro atoms. The van der Waals surface area contributed by atoms with Crippen LogP contribution in [0.3, 0.4) is 0 Å². The molecule has 2 N–H and O–H groups in total. The first-order valence-corrected chi connectivity index (χ1v) is 12.9. The number of ketones is 1. The van der Waals surface area contributed by atoms with Gasteiger partial charge in [-0.25, -0.2) is 0 Å². The van der Waals surface area contributed by atoms with Crippen molar-refractivity contribution in [1.82, 2.24) is 0 Å². The Kier molecular flexibility index (Phi) is 5.01. The lowest BCUT2D eigenvalue weighted by Gasteiger charge is -2.60. The number of rotatable bonds is 3. The molecule has 4 fully saturated rings. The van der Waals surface area contributed by atoms with Crippen LogP contribution in [-0.4, -0.2) is 23.6 Å². The van der Waals surface area contributed by atoms with Gasteiger partial charge < -0.3 is 10.6 Å². The maximum absolute atomic E-state index is 12.7. The van der Waals surface area contributed by atoms with Crippen LogP contribution >= 0.6 is 0 Å². The van der Waals surface area contributed by atoms with Crippen LogP contribution in [0.4, 0.5) is 0 Å². The third-order valence-electron chi connectivity index (χ3n) is 10.5. The number of oxime groups is 1. The predicted octanol–water partition coefficient (Wildman–Crippen LogP) is 5.80. The van der Waals surface area contributed by atoms with Crippen LogP contribution in [0.5, 0.6) is 0 Å². The third-order valence-corrected chi connectivity index (χ3v) is 10.5. The average Bonchev–Trinajstić information content (AvgIpc) is 3.33. The van der Waals surface area contributed by atoms with Crippen molar-refractivity contribution >= 4 is 11.5 Å². The van der Waals surface area contributed by atoms with E-state index in [-0.39, 0.29) is 16.2 Å². The Hall–Kier alpha value is -1.16. The molecule has 0 bridgehead atoms. The maximum atomic E-state index is 12.7. The number of hydrogen-bond donors (Lipinski definition) is 1. The molecule has 0 amide bonds.